The second kappa shape index (κ2) is 13.2. The van der Waals surface area contributed by atoms with Gasteiger partial charge < -0.3 is 15.8 Å². The van der Waals surface area contributed by atoms with E-state index in [-0.39, 0.29) is 29.5 Å². The van der Waals surface area contributed by atoms with Gasteiger partial charge in [-0.25, -0.2) is 9.79 Å². The fraction of sp³-hybridized carbons (Fsp3) is 0.467. The number of carbonyl (C=O) groups excluding carboxylic acids is 3. The Morgan fingerprint density at radius 1 is 1.05 bits per heavy atom. The molecule has 2 aromatic carbocycles. The number of benzene rings is 2. The topological polar surface area (TPSA) is 114 Å². The van der Waals surface area contributed by atoms with Crippen molar-refractivity contribution < 1.29 is 19.1 Å². The molecule has 1 aliphatic rings. The van der Waals surface area contributed by atoms with Gasteiger partial charge in [0.25, 0.3) is 5.91 Å². The number of Topliss-reactive ketones (excluding diaryl/α,β-unsaturated/α-hetero) is 1. The number of methoxy groups -OCH3 is 1. The Hall–Kier alpha value is -3.68. The summed E-state index contributed by atoms with van der Waals surface area (Å²) in [6.07, 6.45) is 2.05. The molecule has 2 aromatic rings. The lowest BCUT2D eigenvalue weighted by molar-refractivity contribution is -0.132. The van der Waals surface area contributed by atoms with E-state index in [1.54, 1.807) is 4.90 Å². The number of aliphatic imine (C=N–C) groups is 1. The van der Waals surface area contributed by atoms with Crippen molar-refractivity contribution in [3.63, 3.8) is 0 Å². The van der Waals surface area contributed by atoms with E-state index in [1.807, 2.05) is 67.6 Å². The molecule has 0 unspecified atom stereocenters. The SMILES string of the molecule is COC(=O)N[C@@H](Cc1ccccc1)C(=O)C[C@@H](C)CCCN1C(=O)[C@@](CC(C)C)(c2ccccc2)N=C1N. The van der Waals surface area contributed by atoms with Crippen molar-refractivity contribution >= 4 is 23.7 Å². The largest absolute Gasteiger partial charge is 0.453 e. The van der Waals surface area contributed by atoms with E-state index in [4.69, 9.17) is 15.5 Å². The molecule has 0 fully saturated rings. The first-order chi connectivity index (χ1) is 18.2. The minimum atomic E-state index is -0.995. The lowest BCUT2D eigenvalue weighted by Crippen LogP contribution is -2.44. The van der Waals surface area contributed by atoms with Crippen LogP contribution in [0, 0.1) is 11.8 Å². The lowest BCUT2D eigenvalue weighted by atomic mass is 9.82. The van der Waals surface area contributed by atoms with E-state index in [9.17, 15) is 14.4 Å². The van der Waals surface area contributed by atoms with E-state index >= 15 is 0 Å². The van der Waals surface area contributed by atoms with Crippen molar-refractivity contribution in [1.82, 2.24) is 10.2 Å². The Balaban J connectivity index is 1.59. The van der Waals surface area contributed by atoms with E-state index in [1.165, 1.54) is 7.11 Å². The highest BCUT2D eigenvalue weighted by molar-refractivity contribution is 6.07. The summed E-state index contributed by atoms with van der Waals surface area (Å²) in [6, 6.07) is 18.5. The van der Waals surface area contributed by atoms with Crippen molar-refractivity contribution in [2.75, 3.05) is 13.7 Å². The molecule has 8 heteroatoms. The summed E-state index contributed by atoms with van der Waals surface area (Å²) in [4.78, 5) is 44.9. The van der Waals surface area contributed by atoms with Gasteiger partial charge >= 0.3 is 6.09 Å². The Kier molecular flexibility index (Phi) is 10.0. The van der Waals surface area contributed by atoms with Crippen LogP contribution in [0.1, 0.15) is 57.6 Å². The number of alkyl carbamates (subject to hydrolysis) is 1. The van der Waals surface area contributed by atoms with E-state index in [0.29, 0.717) is 32.2 Å². The third kappa shape index (κ3) is 7.21. The van der Waals surface area contributed by atoms with Gasteiger partial charge in [-0.2, -0.15) is 0 Å². The Bertz CT molecular complexity index is 1120. The van der Waals surface area contributed by atoms with Gasteiger partial charge in [-0.3, -0.25) is 14.5 Å². The molecule has 0 saturated heterocycles. The normalized spacial score (nSPS) is 18.7. The summed E-state index contributed by atoms with van der Waals surface area (Å²) in [7, 11) is 1.28. The van der Waals surface area contributed by atoms with Gasteiger partial charge in [0.2, 0.25) is 0 Å². The average molecular weight is 521 g/mol. The number of ether oxygens (including phenoxy) is 1. The van der Waals surface area contributed by atoms with Crippen LogP contribution in [0.15, 0.2) is 65.7 Å². The van der Waals surface area contributed by atoms with Gasteiger partial charge in [0.15, 0.2) is 17.3 Å². The number of amides is 2. The van der Waals surface area contributed by atoms with Crippen LogP contribution in [0.5, 0.6) is 0 Å². The van der Waals surface area contributed by atoms with Gasteiger partial charge in [-0.05, 0) is 48.6 Å². The Morgan fingerprint density at radius 3 is 2.29 bits per heavy atom. The molecule has 1 heterocycles. The molecule has 8 nitrogen and oxygen atoms in total. The summed E-state index contributed by atoms with van der Waals surface area (Å²) >= 11 is 0. The molecule has 38 heavy (non-hydrogen) atoms. The summed E-state index contributed by atoms with van der Waals surface area (Å²) < 4.78 is 4.73. The zero-order chi connectivity index (χ0) is 27.7. The zero-order valence-corrected chi connectivity index (χ0v) is 22.9. The molecule has 3 rings (SSSR count). The highest BCUT2D eigenvalue weighted by Gasteiger charge is 2.49. The standard InChI is InChI=1S/C30H40N4O4/c1-21(2)20-30(24-15-9-6-10-16-24)27(36)34(28(31)33-30)17-11-12-22(3)18-26(35)25(32-29(37)38-4)19-23-13-7-5-8-14-23/h5-10,13-16,21-22,25H,11-12,17-20H2,1-4H3,(H2,31,33)(H,32,37)/t22-,25-,30+/m0/s1. The first-order valence-electron chi connectivity index (χ1n) is 13.3. The number of carbonyl (C=O) groups is 3. The van der Waals surface area contributed by atoms with Crippen LogP contribution in [-0.4, -0.2) is 48.3 Å². The highest BCUT2D eigenvalue weighted by Crippen LogP contribution is 2.38. The Labute approximate surface area is 225 Å². The summed E-state index contributed by atoms with van der Waals surface area (Å²) in [5.41, 5.74) is 7.09. The number of guanidine groups is 1. The summed E-state index contributed by atoms with van der Waals surface area (Å²) in [5, 5.41) is 2.68. The molecule has 0 saturated carbocycles. The van der Waals surface area contributed by atoms with Crippen LogP contribution in [0.25, 0.3) is 0 Å². The van der Waals surface area contributed by atoms with Crippen molar-refractivity contribution in [3.8, 4) is 0 Å². The minimum absolute atomic E-state index is 0.0508. The predicted octanol–water partition coefficient (Wildman–Crippen LogP) is 4.43. The lowest BCUT2D eigenvalue weighted by Gasteiger charge is -2.28. The second-order valence-electron chi connectivity index (χ2n) is 10.5. The summed E-state index contributed by atoms with van der Waals surface area (Å²) in [6.45, 7) is 6.59. The fourth-order valence-corrected chi connectivity index (χ4v) is 5.07. The van der Waals surface area contributed by atoms with Crippen LogP contribution >= 0.6 is 0 Å². The molecule has 3 N–H and O–H groups in total. The predicted molar refractivity (Wildman–Crippen MR) is 148 cm³/mol. The molecule has 0 bridgehead atoms. The molecule has 1 aliphatic heterocycles. The molecular weight excluding hydrogens is 480 g/mol. The minimum Gasteiger partial charge on any atom is -0.453 e. The number of hydrogen-bond acceptors (Lipinski definition) is 6. The van der Waals surface area contributed by atoms with Crippen LogP contribution < -0.4 is 11.1 Å². The van der Waals surface area contributed by atoms with Crippen molar-refractivity contribution in [2.45, 2.75) is 64.5 Å². The molecule has 0 aromatic heterocycles. The smallest absolute Gasteiger partial charge is 0.407 e. The number of rotatable bonds is 13. The Morgan fingerprint density at radius 2 is 1.68 bits per heavy atom. The van der Waals surface area contributed by atoms with Crippen LogP contribution in [0.3, 0.4) is 0 Å². The molecule has 0 radical (unpaired) electrons. The van der Waals surface area contributed by atoms with Crippen LogP contribution in [0.4, 0.5) is 4.79 Å². The van der Waals surface area contributed by atoms with E-state index in [0.717, 1.165) is 17.5 Å². The number of hydrogen-bond donors (Lipinski definition) is 2. The van der Waals surface area contributed by atoms with Gasteiger partial charge in [-0.15, -0.1) is 0 Å². The summed E-state index contributed by atoms with van der Waals surface area (Å²) in [5.74, 6) is 0.414. The monoisotopic (exact) mass is 520 g/mol. The van der Waals surface area contributed by atoms with Crippen molar-refractivity contribution in [1.29, 1.82) is 0 Å². The van der Waals surface area contributed by atoms with Gasteiger partial charge in [0, 0.05) is 13.0 Å². The van der Waals surface area contributed by atoms with E-state index in [2.05, 4.69) is 19.2 Å². The van der Waals surface area contributed by atoms with Crippen LogP contribution in [-0.2, 0) is 26.3 Å². The molecule has 2 amide bonds. The average Bonchev–Trinajstić information content (AvgIpc) is 3.13. The maximum absolute atomic E-state index is 13.6. The maximum Gasteiger partial charge on any atom is 0.407 e. The number of nitrogens with one attached hydrogen (secondary N) is 1. The highest BCUT2D eigenvalue weighted by atomic mass is 16.5. The quantitative estimate of drug-likeness (QED) is 0.406. The second-order valence-corrected chi connectivity index (χ2v) is 10.5. The number of nitrogens with zero attached hydrogens (tertiary/aromatic N) is 2. The van der Waals surface area contributed by atoms with Gasteiger partial charge in [-0.1, -0.05) is 81.4 Å². The first kappa shape index (κ1) is 28.9. The third-order valence-electron chi connectivity index (χ3n) is 6.91. The van der Waals surface area contributed by atoms with Crippen LogP contribution in [0.2, 0.25) is 0 Å². The third-order valence-corrected chi connectivity index (χ3v) is 6.91. The number of nitrogens with two attached hydrogens (primary N) is 1. The van der Waals surface area contributed by atoms with E-state index < -0.39 is 17.7 Å². The fourth-order valence-electron chi connectivity index (χ4n) is 5.07. The van der Waals surface area contributed by atoms with Gasteiger partial charge in [0.05, 0.1) is 13.2 Å². The molecule has 0 spiro atoms. The first-order valence-corrected chi connectivity index (χ1v) is 13.3. The zero-order valence-electron chi connectivity index (χ0n) is 22.9. The molecule has 0 aliphatic carbocycles. The maximum atomic E-state index is 13.6. The van der Waals surface area contributed by atoms with Crippen molar-refractivity contribution in [3.05, 3.63) is 71.8 Å². The van der Waals surface area contributed by atoms with Crippen molar-refractivity contribution in [2.24, 2.45) is 22.6 Å². The molecule has 204 valence electrons. The molecular formula is C30H40N4O4. The van der Waals surface area contributed by atoms with Gasteiger partial charge in [0.1, 0.15) is 0 Å². The number of ketones is 1. The molecule has 3 atom stereocenters.